The zero-order chi connectivity index (χ0) is 15.3. The molecular weight excluding hydrogens is 287 g/mol. The molecule has 3 aromatic rings. The van der Waals surface area contributed by atoms with Gasteiger partial charge in [-0.05, 0) is 0 Å². The van der Waals surface area contributed by atoms with Crippen LogP contribution in [-0.4, -0.2) is 12.4 Å². The van der Waals surface area contributed by atoms with Crippen LogP contribution >= 0.6 is 7.26 Å². The molecule has 0 aromatic heterocycles. The third-order valence-electron chi connectivity index (χ3n) is 4.19. The van der Waals surface area contributed by atoms with Crippen LogP contribution < -0.4 is 15.9 Å². The first-order valence-electron chi connectivity index (χ1n) is 7.48. The topological polar surface area (TPSA) is 17.1 Å². The SMILES string of the molecule is O=CC[PH](c1ccccc1)(c1ccccc1)c1ccccc1. The molecule has 2 heteroatoms. The molecule has 0 unspecified atom stereocenters. The predicted octanol–water partition coefficient (Wildman–Crippen LogP) is 2.91. The van der Waals surface area contributed by atoms with Crippen LogP contribution in [0.2, 0.25) is 0 Å². The number of carbonyl (C=O) groups excluding carboxylic acids is 1. The summed E-state index contributed by atoms with van der Waals surface area (Å²) in [6.45, 7) is 0. The van der Waals surface area contributed by atoms with E-state index in [4.69, 9.17) is 0 Å². The van der Waals surface area contributed by atoms with Crippen molar-refractivity contribution in [2.24, 2.45) is 0 Å². The van der Waals surface area contributed by atoms with Crippen LogP contribution in [0.4, 0.5) is 0 Å². The fourth-order valence-electron chi connectivity index (χ4n) is 3.15. The Hall–Kier alpha value is -2.24. The van der Waals surface area contributed by atoms with E-state index in [0.717, 1.165) is 6.29 Å². The molecule has 0 spiro atoms. The van der Waals surface area contributed by atoms with Gasteiger partial charge in [0.15, 0.2) is 0 Å². The summed E-state index contributed by atoms with van der Waals surface area (Å²) in [6.07, 6.45) is 1.64. The van der Waals surface area contributed by atoms with Crippen molar-refractivity contribution in [3.63, 3.8) is 0 Å². The van der Waals surface area contributed by atoms with E-state index >= 15 is 0 Å². The van der Waals surface area contributed by atoms with Gasteiger partial charge < -0.3 is 0 Å². The third kappa shape index (κ3) is 2.61. The number of rotatable bonds is 5. The number of hydrogen-bond donors (Lipinski definition) is 0. The molecule has 0 bridgehead atoms. The second kappa shape index (κ2) is 6.68. The number of benzene rings is 3. The normalized spacial score (nSPS) is 11.8. The molecule has 3 aromatic carbocycles. The first-order valence-corrected chi connectivity index (χ1v) is 9.69. The molecule has 0 N–H and O–H groups in total. The van der Waals surface area contributed by atoms with E-state index < -0.39 is 7.26 Å². The molecule has 110 valence electrons. The Morgan fingerprint density at radius 2 is 0.909 bits per heavy atom. The van der Waals surface area contributed by atoms with Gasteiger partial charge in [0.1, 0.15) is 0 Å². The molecule has 3 rings (SSSR count). The molecule has 1 nitrogen and oxygen atoms in total. The van der Waals surface area contributed by atoms with Crippen molar-refractivity contribution in [3.8, 4) is 0 Å². The molecule has 22 heavy (non-hydrogen) atoms. The summed E-state index contributed by atoms with van der Waals surface area (Å²) in [5.41, 5.74) is 0. The molecule has 0 amide bonds. The molecule has 0 aliphatic heterocycles. The van der Waals surface area contributed by atoms with Crippen LogP contribution in [0.1, 0.15) is 0 Å². The number of hydrogen-bond acceptors (Lipinski definition) is 1. The first-order chi connectivity index (χ1) is 10.9. The van der Waals surface area contributed by atoms with Gasteiger partial charge in [-0.3, -0.25) is 0 Å². The molecule has 0 heterocycles. The Bertz CT molecular complexity index is 627. The quantitative estimate of drug-likeness (QED) is 0.523. The minimum atomic E-state index is -2.29. The van der Waals surface area contributed by atoms with Gasteiger partial charge in [0.2, 0.25) is 0 Å². The molecule has 0 radical (unpaired) electrons. The summed E-state index contributed by atoms with van der Waals surface area (Å²) in [5, 5.41) is 3.83. The van der Waals surface area contributed by atoms with Gasteiger partial charge in [-0.1, -0.05) is 0 Å². The molecular formula is C20H19OP. The number of carbonyl (C=O) groups is 1. The standard InChI is InChI=1S/C20H19OP/c21-16-17-22(18-10-4-1-5-11-18,19-12-6-2-7-13-19)20-14-8-3-9-15-20/h1-16,22H,17H2. The van der Waals surface area contributed by atoms with E-state index in [-0.39, 0.29) is 0 Å². The van der Waals surface area contributed by atoms with Gasteiger partial charge in [-0.15, -0.1) is 0 Å². The zero-order valence-electron chi connectivity index (χ0n) is 12.4. The monoisotopic (exact) mass is 306 g/mol. The third-order valence-corrected chi connectivity index (χ3v) is 8.93. The molecule has 0 saturated carbocycles. The van der Waals surface area contributed by atoms with Crippen molar-refractivity contribution >= 4 is 29.5 Å². The summed E-state index contributed by atoms with van der Waals surface area (Å²) in [4.78, 5) is 11.6. The van der Waals surface area contributed by atoms with E-state index in [1.807, 2.05) is 18.2 Å². The Kier molecular flexibility index (Phi) is 4.46. The van der Waals surface area contributed by atoms with Crippen LogP contribution in [0.5, 0.6) is 0 Å². The fourth-order valence-corrected chi connectivity index (χ4v) is 7.39. The summed E-state index contributed by atoms with van der Waals surface area (Å²) in [6, 6.07) is 31.4. The molecule has 0 aliphatic carbocycles. The van der Waals surface area contributed by atoms with Gasteiger partial charge in [0, 0.05) is 0 Å². The van der Waals surface area contributed by atoms with E-state index in [2.05, 4.69) is 72.8 Å². The first kappa shape index (κ1) is 14.7. The summed E-state index contributed by atoms with van der Waals surface area (Å²) in [7, 11) is -2.29. The van der Waals surface area contributed by atoms with E-state index in [1.54, 1.807) is 0 Å². The van der Waals surface area contributed by atoms with Crippen molar-refractivity contribution in [1.29, 1.82) is 0 Å². The zero-order valence-corrected chi connectivity index (χ0v) is 13.4. The predicted molar refractivity (Wildman–Crippen MR) is 97.5 cm³/mol. The maximum atomic E-state index is 11.6. The van der Waals surface area contributed by atoms with E-state index in [9.17, 15) is 4.79 Å². The fraction of sp³-hybridized carbons (Fsp3) is 0.0500. The van der Waals surface area contributed by atoms with E-state index in [0.29, 0.717) is 6.16 Å². The van der Waals surface area contributed by atoms with Gasteiger partial charge >= 0.3 is 131 Å². The van der Waals surface area contributed by atoms with Crippen molar-refractivity contribution in [3.05, 3.63) is 91.0 Å². The summed E-state index contributed by atoms with van der Waals surface area (Å²) in [5.74, 6) is 0. The molecule has 0 saturated heterocycles. The molecule has 0 atom stereocenters. The summed E-state index contributed by atoms with van der Waals surface area (Å²) < 4.78 is 0. The molecule has 0 fully saturated rings. The van der Waals surface area contributed by atoms with Crippen molar-refractivity contribution in [2.75, 3.05) is 6.16 Å². The maximum absolute atomic E-state index is 11.6. The Morgan fingerprint density at radius 1 is 0.591 bits per heavy atom. The van der Waals surface area contributed by atoms with Crippen LogP contribution in [-0.2, 0) is 4.79 Å². The Morgan fingerprint density at radius 3 is 1.18 bits per heavy atom. The summed E-state index contributed by atoms with van der Waals surface area (Å²) >= 11 is 0. The van der Waals surface area contributed by atoms with Gasteiger partial charge in [0.25, 0.3) is 0 Å². The average molecular weight is 306 g/mol. The van der Waals surface area contributed by atoms with Crippen LogP contribution in [0, 0.1) is 0 Å². The minimum absolute atomic E-state index is 0.561. The average Bonchev–Trinajstić information content (AvgIpc) is 2.62. The molecule has 0 aliphatic rings. The van der Waals surface area contributed by atoms with Crippen molar-refractivity contribution < 1.29 is 4.79 Å². The van der Waals surface area contributed by atoms with Crippen LogP contribution in [0.15, 0.2) is 91.0 Å². The van der Waals surface area contributed by atoms with Crippen molar-refractivity contribution in [1.82, 2.24) is 0 Å². The van der Waals surface area contributed by atoms with Gasteiger partial charge in [-0.2, -0.15) is 0 Å². The second-order valence-electron chi connectivity index (χ2n) is 5.37. The Balaban J connectivity index is 2.31. The van der Waals surface area contributed by atoms with E-state index in [1.165, 1.54) is 15.9 Å². The van der Waals surface area contributed by atoms with Crippen molar-refractivity contribution in [2.45, 2.75) is 0 Å². The van der Waals surface area contributed by atoms with Gasteiger partial charge in [-0.25, -0.2) is 0 Å². The van der Waals surface area contributed by atoms with Crippen LogP contribution in [0.25, 0.3) is 0 Å². The second-order valence-corrected chi connectivity index (χ2v) is 9.33. The van der Waals surface area contributed by atoms with Gasteiger partial charge in [0.05, 0.1) is 0 Å². The Labute approximate surface area is 132 Å². The number of aldehydes is 1. The van der Waals surface area contributed by atoms with Crippen LogP contribution in [0.3, 0.4) is 0 Å².